The first-order chi connectivity index (χ1) is 13.0. The van der Waals surface area contributed by atoms with Crippen molar-refractivity contribution in [2.45, 2.75) is 69.9 Å². The Kier molecular flexibility index (Phi) is 7.16. The van der Waals surface area contributed by atoms with E-state index >= 15 is 0 Å². The van der Waals surface area contributed by atoms with E-state index in [0.717, 1.165) is 18.5 Å². The van der Waals surface area contributed by atoms with E-state index in [9.17, 15) is 13.2 Å². The summed E-state index contributed by atoms with van der Waals surface area (Å²) in [6.07, 6.45) is 4.87. The number of hydrogen-bond donors (Lipinski definition) is 4. The van der Waals surface area contributed by atoms with Gasteiger partial charge < -0.3 is 21.5 Å². The number of ether oxygens (including phenoxy) is 1. The molecule has 1 aliphatic carbocycles. The van der Waals surface area contributed by atoms with Gasteiger partial charge in [-0.05, 0) is 36.5 Å². The Hall–Kier alpha value is -2.00. The molecule has 0 aliphatic heterocycles. The zero-order chi connectivity index (χ0) is 20.9. The quantitative estimate of drug-likeness (QED) is 0.508. The van der Waals surface area contributed by atoms with Crippen molar-refractivity contribution in [3.05, 3.63) is 18.2 Å². The molecule has 0 heterocycles. The maximum Gasteiger partial charge on any atom is 0.404 e. The van der Waals surface area contributed by atoms with Crippen LogP contribution in [0.25, 0.3) is 0 Å². The van der Waals surface area contributed by atoms with Crippen LogP contribution in [0.5, 0.6) is 0 Å². The minimum Gasteiger partial charge on any atom is -0.448 e. The predicted molar refractivity (Wildman–Crippen MR) is 110 cm³/mol. The summed E-state index contributed by atoms with van der Waals surface area (Å²) in [5.74, 6) is 0. The molecule has 8 nitrogen and oxygen atoms in total. The Morgan fingerprint density at radius 1 is 1.25 bits per heavy atom. The van der Waals surface area contributed by atoms with Crippen LogP contribution in [-0.2, 0) is 14.8 Å². The van der Waals surface area contributed by atoms with Crippen LogP contribution in [0.3, 0.4) is 0 Å². The van der Waals surface area contributed by atoms with E-state index in [0.29, 0.717) is 11.7 Å². The highest BCUT2D eigenvalue weighted by molar-refractivity contribution is 7.89. The fraction of sp³-hybridized carbons (Fsp3) is 0.632. The van der Waals surface area contributed by atoms with E-state index in [4.69, 9.17) is 16.2 Å². The summed E-state index contributed by atoms with van der Waals surface area (Å²) in [5.41, 5.74) is 11.8. The molecule has 9 heteroatoms. The van der Waals surface area contributed by atoms with Gasteiger partial charge in [0.2, 0.25) is 10.0 Å². The highest BCUT2D eigenvalue weighted by atomic mass is 32.2. The number of sulfonamides is 1. The monoisotopic (exact) mass is 412 g/mol. The van der Waals surface area contributed by atoms with Crippen LogP contribution in [0.15, 0.2) is 23.1 Å². The van der Waals surface area contributed by atoms with E-state index in [2.05, 4.69) is 10.0 Å². The Balaban J connectivity index is 2.14. The molecule has 1 amide bonds. The van der Waals surface area contributed by atoms with Crippen molar-refractivity contribution in [2.75, 3.05) is 17.7 Å². The number of hydrogen-bond acceptors (Lipinski definition) is 6. The summed E-state index contributed by atoms with van der Waals surface area (Å²) >= 11 is 0. The first-order valence-corrected chi connectivity index (χ1v) is 11.1. The van der Waals surface area contributed by atoms with Gasteiger partial charge in [-0.3, -0.25) is 0 Å². The number of nitrogens with one attached hydrogen (secondary N) is 2. The Bertz CT molecular complexity index is 784. The van der Waals surface area contributed by atoms with Crippen LogP contribution < -0.4 is 21.5 Å². The number of amides is 1. The van der Waals surface area contributed by atoms with Gasteiger partial charge in [0, 0.05) is 6.04 Å². The average Bonchev–Trinajstić information content (AvgIpc) is 2.60. The fourth-order valence-corrected chi connectivity index (χ4v) is 4.65. The van der Waals surface area contributed by atoms with Crippen molar-refractivity contribution < 1.29 is 17.9 Å². The number of nitrogens with two attached hydrogens (primary N) is 2. The van der Waals surface area contributed by atoms with Gasteiger partial charge in [0.15, 0.2) is 0 Å². The third-order valence-corrected chi connectivity index (χ3v) is 6.50. The molecule has 1 fully saturated rings. The lowest BCUT2D eigenvalue weighted by atomic mass is 9.88. The van der Waals surface area contributed by atoms with Crippen LogP contribution in [0.4, 0.5) is 16.2 Å². The fourth-order valence-electron chi connectivity index (χ4n) is 3.19. The maximum absolute atomic E-state index is 12.8. The number of nitrogen functional groups attached to an aromatic ring is 1. The molecule has 1 aromatic carbocycles. The van der Waals surface area contributed by atoms with Crippen LogP contribution in [0.1, 0.15) is 52.9 Å². The molecule has 0 spiro atoms. The van der Waals surface area contributed by atoms with Crippen molar-refractivity contribution >= 4 is 27.5 Å². The summed E-state index contributed by atoms with van der Waals surface area (Å²) in [4.78, 5) is 11.0. The lowest BCUT2D eigenvalue weighted by molar-refractivity contribution is 0.122. The van der Waals surface area contributed by atoms with Crippen molar-refractivity contribution in [3.8, 4) is 0 Å². The second kappa shape index (κ2) is 9.00. The van der Waals surface area contributed by atoms with Crippen LogP contribution in [0.2, 0.25) is 0 Å². The summed E-state index contributed by atoms with van der Waals surface area (Å²) in [6.45, 7) is 5.37. The molecule has 1 atom stereocenters. The Morgan fingerprint density at radius 3 is 2.43 bits per heavy atom. The van der Waals surface area contributed by atoms with E-state index in [1.54, 1.807) is 6.07 Å². The molecule has 1 saturated carbocycles. The van der Waals surface area contributed by atoms with Crippen molar-refractivity contribution in [1.29, 1.82) is 0 Å². The third kappa shape index (κ3) is 6.27. The van der Waals surface area contributed by atoms with E-state index in [1.807, 2.05) is 20.8 Å². The van der Waals surface area contributed by atoms with Gasteiger partial charge in [-0.1, -0.05) is 40.0 Å². The first kappa shape index (κ1) is 22.3. The van der Waals surface area contributed by atoms with E-state index in [1.165, 1.54) is 31.4 Å². The van der Waals surface area contributed by atoms with Gasteiger partial charge in [-0.15, -0.1) is 0 Å². The Labute approximate surface area is 167 Å². The van der Waals surface area contributed by atoms with E-state index < -0.39 is 27.6 Å². The number of primary amides is 1. The van der Waals surface area contributed by atoms with Crippen LogP contribution in [-0.4, -0.2) is 33.2 Å². The summed E-state index contributed by atoms with van der Waals surface area (Å²) in [6, 6.07) is 4.39. The van der Waals surface area contributed by atoms with Gasteiger partial charge in [-0.25, -0.2) is 17.9 Å². The first-order valence-electron chi connectivity index (χ1n) is 9.59. The predicted octanol–water partition coefficient (Wildman–Crippen LogP) is 2.80. The molecule has 0 saturated heterocycles. The number of rotatable bonds is 7. The number of carbonyl (C=O) groups is 1. The van der Waals surface area contributed by atoms with Gasteiger partial charge in [0.1, 0.15) is 6.61 Å². The third-order valence-electron chi connectivity index (χ3n) is 5.03. The van der Waals surface area contributed by atoms with Crippen LogP contribution in [0, 0.1) is 5.41 Å². The summed E-state index contributed by atoms with van der Waals surface area (Å²) < 4.78 is 33.1. The maximum atomic E-state index is 12.8. The smallest absolute Gasteiger partial charge is 0.404 e. The van der Waals surface area contributed by atoms with Crippen molar-refractivity contribution in [3.63, 3.8) is 0 Å². The molecule has 158 valence electrons. The minimum absolute atomic E-state index is 0.0625. The number of anilines is 2. The summed E-state index contributed by atoms with van der Waals surface area (Å²) in [5, 5.41) is 3.41. The highest BCUT2D eigenvalue weighted by Crippen LogP contribution is 2.28. The minimum atomic E-state index is -3.85. The van der Waals surface area contributed by atoms with Gasteiger partial charge in [0.25, 0.3) is 0 Å². The second-order valence-electron chi connectivity index (χ2n) is 8.40. The molecular formula is C19H32N4O4S. The topological polar surface area (TPSA) is 137 Å². The molecule has 0 aromatic heterocycles. The lowest BCUT2D eigenvalue weighted by Gasteiger charge is -2.30. The van der Waals surface area contributed by atoms with Gasteiger partial charge in [0.05, 0.1) is 22.3 Å². The molecule has 0 bridgehead atoms. The Morgan fingerprint density at radius 2 is 1.89 bits per heavy atom. The number of benzene rings is 1. The largest absolute Gasteiger partial charge is 0.448 e. The van der Waals surface area contributed by atoms with Crippen molar-refractivity contribution in [2.24, 2.45) is 11.1 Å². The number of carbonyl (C=O) groups excluding carboxylic acids is 1. The molecular weight excluding hydrogens is 380 g/mol. The van der Waals surface area contributed by atoms with Gasteiger partial charge >= 0.3 is 6.09 Å². The normalized spacial score (nSPS) is 17.1. The molecule has 6 N–H and O–H groups in total. The lowest BCUT2D eigenvalue weighted by Crippen LogP contribution is -2.47. The molecule has 1 aliphatic rings. The summed E-state index contributed by atoms with van der Waals surface area (Å²) in [7, 11) is -3.85. The molecule has 0 radical (unpaired) electrons. The van der Waals surface area contributed by atoms with Gasteiger partial charge in [-0.2, -0.15) is 0 Å². The zero-order valence-electron chi connectivity index (χ0n) is 16.8. The van der Waals surface area contributed by atoms with Crippen molar-refractivity contribution in [1.82, 2.24) is 4.72 Å². The average molecular weight is 413 g/mol. The molecule has 1 aromatic rings. The molecule has 28 heavy (non-hydrogen) atoms. The van der Waals surface area contributed by atoms with E-state index in [-0.39, 0.29) is 11.5 Å². The molecule has 1 unspecified atom stereocenters. The zero-order valence-corrected chi connectivity index (χ0v) is 17.6. The standard InChI is InChI=1S/C19H32N4O4S/c1-19(2,3)17(12-27-18(21)24)23-28(25,26)14-9-10-16(15(20)11-14)22-13-7-5-4-6-8-13/h9-11,13,17,22-23H,4-8,12,20H2,1-3H3,(H2,21,24). The SMILES string of the molecule is CC(C)(C)C(COC(N)=O)NS(=O)(=O)c1ccc(NC2CCCCC2)c(N)c1. The molecule has 2 rings (SSSR count). The highest BCUT2D eigenvalue weighted by Gasteiger charge is 2.31. The second-order valence-corrected chi connectivity index (χ2v) is 10.1. The van der Waals surface area contributed by atoms with Crippen LogP contribution >= 0.6 is 0 Å².